The summed E-state index contributed by atoms with van der Waals surface area (Å²) >= 11 is 0. The van der Waals surface area contributed by atoms with E-state index in [0.29, 0.717) is 28.3 Å². The van der Waals surface area contributed by atoms with Crippen molar-refractivity contribution in [3.05, 3.63) is 52.3 Å². The van der Waals surface area contributed by atoms with Crippen molar-refractivity contribution in [1.82, 2.24) is 4.98 Å². The minimum atomic E-state index is -0.961. The molecule has 0 unspecified atom stereocenters. The number of ether oxygens (including phenoxy) is 1. The van der Waals surface area contributed by atoms with Gasteiger partial charge in [-0.2, -0.15) is 0 Å². The molecule has 0 atom stereocenters. The molecule has 0 spiro atoms. The third kappa shape index (κ3) is 2.81. The summed E-state index contributed by atoms with van der Waals surface area (Å²) in [5.41, 5.74) is 2.85. The summed E-state index contributed by atoms with van der Waals surface area (Å²) < 4.78 is 5.28. The van der Waals surface area contributed by atoms with E-state index in [0.717, 1.165) is 5.56 Å². The van der Waals surface area contributed by atoms with Gasteiger partial charge in [0.15, 0.2) is 5.75 Å². The Kier molecular flexibility index (Phi) is 4.12. The lowest BCUT2D eigenvalue weighted by Gasteiger charge is -2.05. The summed E-state index contributed by atoms with van der Waals surface area (Å²) in [6, 6.07) is 7.25. The molecule has 1 heterocycles. The first kappa shape index (κ1) is 14.8. The van der Waals surface area contributed by atoms with Crippen molar-refractivity contribution >= 4 is 11.8 Å². The Balaban J connectivity index is 2.51. The van der Waals surface area contributed by atoms with Crippen LogP contribution in [0.15, 0.2) is 24.3 Å². The van der Waals surface area contributed by atoms with Crippen molar-refractivity contribution in [3.63, 3.8) is 0 Å². The number of methoxy groups -OCH3 is 1. The van der Waals surface area contributed by atoms with E-state index in [4.69, 9.17) is 9.84 Å². The predicted molar refractivity (Wildman–Crippen MR) is 78.0 cm³/mol. The number of aromatic amines is 1. The molecular formula is C16H17NO4. The fourth-order valence-corrected chi connectivity index (χ4v) is 2.33. The highest BCUT2D eigenvalue weighted by Gasteiger charge is 2.23. The Labute approximate surface area is 122 Å². The molecule has 0 bridgehead atoms. The zero-order chi connectivity index (χ0) is 15.6. The highest BCUT2D eigenvalue weighted by Crippen LogP contribution is 2.29. The highest BCUT2D eigenvalue weighted by molar-refractivity contribution is 6.10. The molecule has 2 N–H and O–H groups in total. The summed E-state index contributed by atoms with van der Waals surface area (Å²) in [7, 11) is 1.47. The Morgan fingerprint density at radius 3 is 2.48 bits per heavy atom. The molecular weight excluding hydrogens is 270 g/mol. The Bertz CT molecular complexity index is 700. The number of carboxylic acid groups (broad SMARTS) is 1. The number of aryl methyl sites for hydroxylation is 1. The fraction of sp³-hybridized carbons (Fsp3) is 0.250. The molecule has 0 aliphatic rings. The molecule has 0 radical (unpaired) electrons. The van der Waals surface area contributed by atoms with Crippen LogP contribution >= 0.6 is 0 Å². The molecule has 2 aromatic rings. The van der Waals surface area contributed by atoms with Crippen molar-refractivity contribution in [3.8, 4) is 5.75 Å². The lowest BCUT2D eigenvalue weighted by atomic mass is 10.0. The molecule has 0 saturated heterocycles. The Morgan fingerprint density at radius 1 is 1.24 bits per heavy atom. The van der Waals surface area contributed by atoms with Gasteiger partial charge in [0.1, 0.15) is 5.69 Å². The number of H-pyrrole nitrogens is 1. The number of hydrogen-bond acceptors (Lipinski definition) is 3. The van der Waals surface area contributed by atoms with Crippen molar-refractivity contribution in [2.24, 2.45) is 0 Å². The van der Waals surface area contributed by atoms with Crippen LogP contribution in [0.2, 0.25) is 0 Å². The second-order valence-corrected chi connectivity index (χ2v) is 4.85. The minimum absolute atomic E-state index is 0.177. The number of aliphatic carboxylic acids is 1. The topological polar surface area (TPSA) is 79.4 Å². The summed E-state index contributed by atoms with van der Waals surface area (Å²) in [5, 5.41) is 8.92. The molecule has 2 rings (SSSR count). The summed E-state index contributed by atoms with van der Waals surface area (Å²) in [5.74, 6) is -0.763. The maximum absolute atomic E-state index is 12.6. The maximum Gasteiger partial charge on any atom is 0.309 e. The van der Waals surface area contributed by atoms with Gasteiger partial charge < -0.3 is 14.8 Å². The molecule has 0 aliphatic heterocycles. The average molecular weight is 287 g/mol. The zero-order valence-corrected chi connectivity index (χ0v) is 12.2. The van der Waals surface area contributed by atoms with Gasteiger partial charge in [-0.05, 0) is 19.4 Å². The summed E-state index contributed by atoms with van der Waals surface area (Å²) in [6.45, 7) is 3.59. The van der Waals surface area contributed by atoms with Crippen molar-refractivity contribution in [1.29, 1.82) is 0 Å². The molecule has 0 saturated carbocycles. The molecule has 5 heteroatoms. The molecule has 0 fully saturated rings. The van der Waals surface area contributed by atoms with Crippen LogP contribution in [0, 0.1) is 13.8 Å². The van der Waals surface area contributed by atoms with E-state index in [1.54, 1.807) is 19.1 Å². The molecule has 5 nitrogen and oxygen atoms in total. The smallest absolute Gasteiger partial charge is 0.309 e. The van der Waals surface area contributed by atoms with Gasteiger partial charge in [0.05, 0.1) is 13.5 Å². The zero-order valence-electron chi connectivity index (χ0n) is 12.2. The summed E-state index contributed by atoms with van der Waals surface area (Å²) in [6.07, 6.45) is -0.177. The largest absolute Gasteiger partial charge is 0.494 e. The van der Waals surface area contributed by atoms with Crippen LogP contribution in [0.3, 0.4) is 0 Å². The van der Waals surface area contributed by atoms with Gasteiger partial charge in [0.25, 0.3) is 0 Å². The molecule has 110 valence electrons. The SMILES string of the molecule is COc1c(C(=O)c2ccccc2C)[nH]c(CC(=O)O)c1C. The standard InChI is InChI=1S/C16H17NO4/c1-9-6-4-5-7-11(9)15(20)14-16(21-3)10(2)12(17-14)8-13(18)19/h4-7,17H,8H2,1-3H3,(H,18,19). The number of nitrogens with one attached hydrogen (secondary N) is 1. The highest BCUT2D eigenvalue weighted by atomic mass is 16.5. The maximum atomic E-state index is 12.6. The monoisotopic (exact) mass is 287 g/mol. The number of rotatable bonds is 5. The second-order valence-electron chi connectivity index (χ2n) is 4.85. The third-order valence-electron chi connectivity index (χ3n) is 3.45. The van der Waals surface area contributed by atoms with E-state index < -0.39 is 5.97 Å². The van der Waals surface area contributed by atoms with Crippen LogP contribution < -0.4 is 4.74 Å². The lowest BCUT2D eigenvalue weighted by Crippen LogP contribution is -2.06. The number of carbonyl (C=O) groups is 2. The fourth-order valence-electron chi connectivity index (χ4n) is 2.33. The van der Waals surface area contributed by atoms with Crippen LogP contribution in [0.4, 0.5) is 0 Å². The number of ketones is 1. The quantitative estimate of drug-likeness (QED) is 0.828. The first-order chi connectivity index (χ1) is 9.95. The van der Waals surface area contributed by atoms with Crippen LogP contribution in [0.1, 0.15) is 32.9 Å². The van der Waals surface area contributed by atoms with Gasteiger partial charge in [0, 0.05) is 16.8 Å². The normalized spacial score (nSPS) is 10.4. The van der Waals surface area contributed by atoms with Gasteiger partial charge in [-0.1, -0.05) is 24.3 Å². The van der Waals surface area contributed by atoms with Gasteiger partial charge in [-0.3, -0.25) is 9.59 Å². The van der Waals surface area contributed by atoms with Crippen LogP contribution in [-0.4, -0.2) is 29.0 Å². The average Bonchev–Trinajstić information content (AvgIpc) is 2.74. The van der Waals surface area contributed by atoms with Crippen LogP contribution in [-0.2, 0) is 11.2 Å². The lowest BCUT2D eigenvalue weighted by molar-refractivity contribution is -0.136. The molecule has 0 aliphatic carbocycles. The number of carbonyl (C=O) groups excluding carboxylic acids is 1. The van der Waals surface area contributed by atoms with E-state index in [1.807, 2.05) is 19.1 Å². The molecule has 1 aromatic carbocycles. The van der Waals surface area contributed by atoms with Crippen molar-refractivity contribution in [2.45, 2.75) is 20.3 Å². The first-order valence-electron chi connectivity index (χ1n) is 6.53. The van der Waals surface area contributed by atoms with Gasteiger partial charge in [-0.25, -0.2) is 0 Å². The van der Waals surface area contributed by atoms with Gasteiger partial charge >= 0.3 is 5.97 Å². The van der Waals surface area contributed by atoms with E-state index in [1.165, 1.54) is 7.11 Å². The number of hydrogen-bond donors (Lipinski definition) is 2. The van der Waals surface area contributed by atoms with E-state index in [9.17, 15) is 9.59 Å². The number of benzene rings is 1. The van der Waals surface area contributed by atoms with Gasteiger partial charge in [0.2, 0.25) is 5.78 Å². The van der Waals surface area contributed by atoms with E-state index in [2.05, 4.69) is 4.98 Å². The third-order valence-corrected chi connectivity index (χ3v) is 3.45. The molecule has 1 aromatic heterocycles. The van der Waals surface area contributed by atoms with Gasteiger partial charge in [-0.15, -0.1) is 0 Å². The molecule has 0 amide bonds. The van der Waals surface area contributed by atoms with Crippen molar-refractivity contribution < 1.29 is 19.4 Å². The van der Waals surface area contributed by atoms with E-state index in [-0.39, 0.29) is 12.2 Å². The predicted octanol–water partition coefficient (Wildman–Crippen LogP) is 2.50. The number of aromatic nitrogens is 1. The Hall–Kier alpha value is -2.56. The Morgan fingerprint density at radius 2 is 1.90 bits per heavy atom. The van der Waals surface area contributed by atoms with Crippen LogP contribution in [0.5, 0.6) is 5.75 Å². The second kappa shape index (κ2) is 5.83. The van der Waals surface area contributed by atoms with E-state index >= 15 is 0 Å². The van der Waals surface area contributed by atoms with Crippen molar-refractivity contribution in [2.75, 3.05) is 7.11 Å². The summed E-state index contributed by atoms with van der Waals surface area (Å²) in [4.78, 5) is 26.4. The van der Waals surface area contributed by atoms with Crippen LogP contribution in [0.25, 0.3) is 0 Å². The number of carboxylic acids is 1. The first-order valence-corrected chi connectivity index (χ1v) is 6.53. The molecule has 21 heavy (non-hydrogen) atoms. The minimum Gasteiger partial charge on any atom is -0.494 e.